The van der Waals surface area contributed by atoms with E-state index in [0.29, 0.717) is 29.4 Å². The highest BCUT2D eigenvalue weighted by molar-refractivity contribution is 7.10. The van der Waals surface area contributed by atoms with Gasteiger partial charge in [-0.05, 0) is 23.8 Å². The summed E-state index contributed by atoms with van der Waals surface area (Å²) in [6, 6.07) is 15.5. The molecule has 1 aromatic heterocycles. The molecule has 0 saturated heterocycles. The summed E-state index contributed by atoms with van der Waals surface area (Å²) in [5.41, 5.74) is 2.33. The van der Waals surface area contributed by atoms with Crippen molar-refractivity contribution in [2.24, 2.45) is 0 Å². The molecule has 6 nitrogen and oxygen atoms in total. The molecule has 1 spiro atoms. The fraction of sp³-hybridized carbons (Fsp3) is 0.182. The van der Waals surface area contributed by atoms with Crippen LogP contribution in [0.4, 0.5) is 5.69 Å². The first-order chi connectivity index (χ1) is 14.2. The summed E-state index contributed by atoms with van der Waals surface area (Å²) in [5.74, 6) is 1.90. The van der Waals surface area contributed by atoms with Crippen LogP contribution in [0.2, 0.25) is 0 Å². The number of hydrogen-bond donors (Lipinski definition) is 0. The predicted octanol–water partition coefficient (Wildman–Crippen LogP) is 3.57. The Morgan fingerprint density at radius 3 is 2.72 bits per heavy atom. The van der Waals surface area contributed by atoms with Gasteiger partial charge in [0.2, 0.25) is 12.7 Å². The number of thiophene rings is 1. The molecular weight excluding hydrogens is 388 g/mol. The van der Waals surface area contributed by atoms with E-state index in [9.17, 15) is 4.79 Å². The summed E-state index contributed by atoms with van der Waals surface area (Å²) in [7, 11) is 0. The van der Waals surface area contributed by atoms with Crippen LogP contribution in [-0.2, 0) is 16.8 Å². The van der Waals surface area contributed by atoms with Gasteiger partial charge in [0.15, 0.2) is 11.5 Å². The smallest absolute Gasteiger partial charge is 0.246 e. The average molecular weight is 402 g/mol. The van der Waals surface area contributed by atoms with Gasteiger partial charge in [-0.3, -0.25) is 4.79 Å². The van der Waals surface area contributed by atoms with Gasteiger partial charge in [0.05, 0.1) is 12.1 Å². The number of hydrogen-bond acceptors (Lipinski definition) is 6. The number of carbonyl (C=O) groups is 1. The second-order valence-electron chi connectivity index (χ2n) is 7.22. The maximum atomic E-state index is 13.8. The van der Waals surface area contributed by atoms with E-state index in [-0.39, 0.29) is 19.3 Å². The molecule has 0 radical (unpaired) electrons. The van der Waals surface area contributed by atoms with Crippen LogP contribution in [0.25, 0.3) is 0 Å². The van der Waals surface area contributed by atoms with Crippen LogP contribution < -0.4 is 19.1 Å². The van der Waals surface area contributed by atoms with Gasteiger partial charge >= 0.3 is 0 Å². The molecule has 1 amide bonds. The van der Waals surface area contributed by atoms with Crippen LogP contribution in [0.3, 0.4) is 0 Å². The molecule has 2 aromatic carbocycles. The lowest BCUT2D eigenvalue weighted by Gasteiger charge is -2.23. The monoisotopic (exact) mass is 402 g/mol. The quantitative estimate of drug-likeness (QED) is 0.655. The molecule has 3 aromatic rings. The highest BCUT2D eigenvalue weighted by Gasteiger charge is 2.57. The number of carbonyl (C=O) groups excluding carboxylic acids is 1. The third-order valence-electron chi connectivity index (χ3n) is 5.74. The normalized spacial score (nSPS) is 20.5. The highest BCUT2D eigenvalue weighted by Crippen LogP contribution is 2.55. The number of rotatable bonds is 2. The lowest BCUT2D eigenvalue weighted by Crippen LogP contribution is -2.42. The maximum Gasteiger partial charge on any atom is 0.246 e. The van der Waals surface area contributed by atoms with Crippen molar-refractivity contribution >= 4 is 22.9 Å². The van der Waals surface area contributed by atoms with Crippen molar-refractivity contribution in [2.45, 2.75) is 12.0 Å². The molecule has 0 saturated carbocycles. The largest absolute Gasteiger partial charge is 0.491 e. The summed E-state index contributed by atoms with van der Waals surface area (Å²) in [6.45, 7) is 0.830. The lowest BCUT2D eigenvalue weighted by molar-refractivity contribution is -0.122. The molecule has 0 fully saturated rings. The van der Waals surface area contributed by atoms with Gasteiger partial charge in [-0.25, -0.2) is 0 Å². The number of anilines is 1. The van der Waals surface area contributed by atoms with E-state index in [0.717, 1.165) is 21.7 Å². The van der Waals surface area contributed by atoms with Gasteiger partial charge in [-0.15, -0.1) is 11.3 Å². The zero-order valence-corrected chi connectivity index (χ0v) is 16.0. The van der Waals surface area contributed by atoms with Crippen molar-refractivity contribution in [1.82, 2.24) is 0 Å². The molecule has 6 rings (SSSR count). The average Bonchev–Trinajstić information content (AvgIpc) is 3.51. The summed E-state index contributed by atoms with van der Waals surface area (Å²) in [5, 5.41) is 10.9. The Bertz CT molecular complexity index is 1230. The standard InChI is InChI=1S/C22H14N2O4S/c23-8-13-5-14(29-10-13)9-24-17-4-2-1-3-15(17)22(21(24)25)11-26-18-7-20-19(6-16(18)22)27-12-28-20/h1-7,10H,9,11-12H2. The first-order valence-electron chi connectivity index (χ1n) is 9.16. The van der Waals surface area contributed by atoms with Crippen molar-refractivity contribution in [2.75, 3.05) is 18.3 Å². The Balaban J connectivity index is 1.49. The maximum absolute atomic E-state index is 13.8. The highest BCUT2D eigenvalue weighted by atomic mass is 32.1. The first kappa shape index (κ1) is 16.5. The fourth-order valence-corrected chi connectivity index (χ4v) is 5.20. The van der Waals surface area contributed by atoms with Crippen LogP contribution in [0.5, 0.6) is 17.2 Å². The zero-order valence-electron chi connectivity index (χ0n) is 15.2. The van der Waals surface area contributed by atoms with Crippen LogP contribution in [0.1, 0.15) is 21.6 Å². The third-order valence-corrected chi connectivity index (χ3v) is 6.66. The number of benzene rings is 2. The van der Waals surface area contributed by atoms with E-state index in [1.165, 1.54) is 11.3 Å². The number of fused-ring (bicyclic) bond motifs is 5. The number of nitrogens with zero attached hydrogens (tertiary/aromatic N) is 2. The van der Waals surface area contributed by atoms with Gasteiger partial charge in [-0.2, -0.15) is 5.26 Å². The SMILES string of the molecule is N#Cc1csc(CN2C(=O)C3(COc4cc5c(cc43)OCO5)c3ccccc32)c1. The zero-order chi connectivity index (χ0) is 19.6. The van der Waals surface area contributed by atoms with Gasteiger partial charge in [-0.1, -0.05) is 18.2 Å². The second-order valence-corrected chi connectivity index (χ2v) is 8.21. The molecule has 0 aliphatic carbocycles. The van der Waals surface area contributed by atoms with Crippen LogP contribution in [-0.4, -0.2) is 19.3 Å². The van der Waals surface area contributed by atoms with Gasteiger partial charge in [0, 0.05) is 27.6 Å². The third kappa shape index (κ3) is 2.12. The number of ether oxygens (including phenoxy) is 3. The number of nitriles is 1. The van der Waals surface area contributed by atoms with E-state index < -0.39 is 5.41 Å². The van der Waals surface area contributed by atoms with Gasteiger partial charge in [0.25, 0.3) is 0 Å². The Kier molecular flexibility index (Phi) is 3.26. The molecular formula is C22H14N2O4S. The van der Waals surface area contributed by atoms with Crippen LogP contribution >= 0.6 is 11.3 Å². The minimum absolute atomic E-state index is 0.0248. The van der Waals surface area contributed by atoms with E-state index >= 15 is 0 Å². The van der Waals surface area contributed by atoms with Crippen LogP contribution in [0.15, 0.2) is 47.8 Å². The Morgan fingerprint density at radius 2 is 1.90 bits per heavy atom. The fourth-order valence-electron chi connectivity index (χ4n) is 4.40. The van der Waals surface area contributed by atoms with Crippen molar-refractivity contribution in [3.8, 4) is 23.3 Å². The van der Waals surface area contributed by atoms with Gasteiger partial charge in [0.1, 0.15) is 23.8 Å². The Labute approximate surface area is 170 Å². The molecule has 3 aliphatic rings. The first-order valence-corrected chi connectivity index (χ1v) is 10.0. The van der Waals surface area contributed by atoms with Gasteiger partial charge < -0.3 is 19.1 Å². The van der Waals surface area contributed by atoms with Crippen molar-refractivity contribution < 1.29 is 19.0 Å². The van der Waals surface area contributed by atoms with Crippen LogP contribution in [0, 0.1) is 11.3 Å². The summed E-state index contributed by atoms with van der Waals surface area (Å²) < 4.78 is 17.0. The Hall–Kier alpha value is -3.50. The molecule has 3 aliphatic heterocycles. The minimum atomic E-state index is -0.901. The molecule has 0 N–H and O–H groups in total. The molecule has 0 bridgehead atoms. The van der Waals surface area contributed by atoms with E-state index in [4.69, 9.17) is 19.5 Å². The topological polar surface area (TPSA) is 71.8 Å². The van der Waals surface area contributed by atoms with E-state index in [2.05, 4.69) is 6.07 Å². The second kappa shape index (κ2) is 5.75. The molecule has 1 unspecified atom stereocenters. The molecule has 142 valence electrons. The van der Waals surface area contributed by atoms with Crippen molar-refractivity contribution in [3.63, 3.8) is 0 Å². The van der Waals surface area contributed by atoms with E-state index in [1.54, 1.807) is 4.90 Å². The number of amides is 1. The number of para-hydroxylation sites is 1. The van der Waals surface area contributed by atoms with Crippen molar-refractivity contribution in [1.29, 1.82) is 5.26 Å². The molecule has 1 atom stereocenters. The lowest BCUT2D eigenvalue weighted by atomic mass is 9.77. The summed E-state index contributed by atoms with van der Waals surface area (Å²) >= 11 is 1.49. The summed E-state index contributed by atoms with van der Waals surface area (Å²) in [4.78, 5) is 16.6. The van der Waals surface area contributed by atoms with E-state index in [1.807, 2.05) is 47.8 Å². The Morgan fingerprint density at radius 1 is 1.07 bits per heavy atom. The predicted molar refractivity (Wildman–Crippen MR) is 106 cm³/mol. The molecule has 7 heteroatoms. The molecule has 4 heterocycles. The summed E-state index contributed by atoms with van der Waals surface area (Å²) in [6.07, 6.45) is 0. The van der Waals surface area contributed by atoms with Crippen molar-refractivity contribution in [3.05, 3.63) is 69.4 Å². The minimum Gasteiger partial charge on any atom is -0.491 e. The molecule has 29 heavy (non-hydrogen) atoms.